The Morgan fingerprint density at radius 1 is 1.14 bits per heavy atom. The van der Waals surface area contributed by atoms with Crippen LogP contribution in [-0.4, -0.2) is 65.4 Å². The molecule has 3 saturated carbocycles. The zero-order valence-corrected chi connectivity index (χ0v) is 24.5. The number of carbonyl (C=O) groups excluding carboxylic acids is 4. The highest BCUT2D eigenvalue weighted by molar-refractivity contribution is 6.01. The smallest absolute Gasteiger partial charge is 0.457 e. The first-order chi connectivity index (χ1) is 19.9. The van der Waals surface area contributed by atoms with Crippen molar-refractivity contribution in [1.82, 2.24) is 0 Å². The summed E-state index contributed by atoms with van der Waals surface area (Å²) < 4.78 is 16.3. The summed E-state index contributed by atoms with van der Waals surface area (Å²) in [6.07, 6.45) is 7.07. The van der Waals surface area contributed by atoms with E-state index >= 15 is 0 Å². The standard InChI is InChI=1S/C30H41NO11/c1-4-39-27(36)42-30(24(34)18-40-25(35)8-6-5-7-15-41-31(37)38)14-12-22-21-10-9-19-16-20(32)11-13-28(19,2)26(21)23(33)17-29(22,30)3/h11,13,16,21-23,26,33H,4-10,12,14-15,17-18H2,1-3H3/t21?,22?,23-,26?,28-,29-,30-/m0/s1. The largest absolute Gasteiger partial charge is 0.509 e. The summed E-state index contributed by atoms with van der Waals surface area (Å²) in [5.74, 6) is -1.42. The van der Waals surface area contributed by atoms with Crippen LogP contribution in [0.25, 0.3) is 0 Å². The molecule has 0 heterocycles. The first kappa shape index (κ1) is 31.7. The molecule has 0 bridgehead atoms. The average molecular weight is 592 g/mol. The van der Waals surface area contributed by atoms with Crippen molar-refractivity contribution in [3.8, 4) is 0 Å². The second-order valence-electron chi connectivity index (χ2n) is 12.3. The van der Waals surface area contributed by atoms with Crippen LogP contribution in [0.2, 0.25) is 0 Å². The Balaban J connectivity index is 1.50. The minimum Gasteiger partial charge on any atom is -0.457 e. The number of fused-ring (bicyclic) bond motifs is 5. The first-order valence-electron chi connectivity index (χ1n) is 14.8. The Hall–Kier alpha value is -3.28. The molecule has 12 heteroatoms. The predicted octanol–water partition coefficient (Wildman–Crippen LogP) is 4.06. The third kappa shape index (κ3) is 5.82. The fourth-order valence-corrected chi connectivity index (χ4v) is 8.31. The normalized spacial score (nSPS) is 34.8. The minimum absolute atomic E-state index is 0.0149. The van der Waals surface area contributed by atoms with Gasteiger partial charge in [0, 0.05) is 23.2 Å². The van der Waals surface area contributed by atoms with Gasteiger partial charge in [0.05, 0.1) is 19.3 Å². The van der Waals surface area contributed by atoms with Crippen molar-refractivity contribution in [2.24, 2.45) is 28.6 Å². The molecular weight excluding hydrogens is 550 g/mol. The molecule has 0 spiro atoms. The molecule has 12 nitrogen and oxygen atoms in total. The van der Waals surface area contributed by atoms with E-state index in [9.17, 15) is 34.4 Å². The molecule has 0 saturated heterocycles. The van der Waals surface area contributed by atoms with Crippen molar-refractivity contribution < 1.29 is 48.4 Å². The lowest BCUT2D eigenvalue weighted by atomic mass is 9.46. The van der Waals surface area contributed by atoms with Crippen molar-refractivity contribution >= 4 is 23.7 Å². The molecule has 0 aromatic carbocycles. The number of aliphatic hydroxyl groups excluding tert-OH is 1. The molecule has 232 valence electrons. The van der Waals surface area contributed by atoms with Crippen LogP contribution in [0.15, 0.2) is 23.8 Å². The zero-order chi connectivity index (χ0) is 30.7. The van der Waals surface area contributed by atoms with Crippen LogP contribution in [0, 0.1) is 38.7 Å². The number of carbonyl (C=O) groups is 4. The van der Waals surface area contributed by atoms with Crippen molar-refractivity contribution in [1.29, 1.82) is 0 Å². The fraction of sp³-hybridized carbons (Fsp3) is 0.733. The minimum atomic E-state index is -1.65. The van der Waals surface area contributed by atoms with Crippen molar-refractivity contribution in [2.45, 2.75) is 90.3 Å². The number of hydrogen-bond donors (Lipinski definition) is 1. The Morgan fingerprint density at radius 2 is 1.90 bits per heavy atom. The Kier molecular flexibility index (Phi) is 9.44. The van der Waals surface area contributed by atoms with Crippen LogP contribution in [0.3, 0.4) is 0 Å². The summed E-state index contributed by atoms with van der Waals surface area (Å²) in [6, 6.07) is 0. The number of aliphatic hydroxyl groups is 1. The van der Waals surface area contributed by atoms with Gasteiger partial charge in [0.2, 0.25) is 5.78 Å². The molecule has 7 atom stereocenters. The maximum absolute atomic E-state index is 13.9. The quantitative estimate of drug-likeness (QED) is 0.150. The van der Waals surface area contributed by atoms with Gasteiger partial charge in [-0.2, -0.15) is 0 Å². The monoisotopic (exact) mass is 591 g/mol. The molecule has 0 aliphatic heterocycles. The van der Waals surface area contributed by atoms with Crippen LogP contribution >= 0.6 is 0 Å². The molecule has 4 rings (SSSR count). The van der Waals surface area contributed by atoms with Gasteiger partial charge in [0.1, 0.15) is 0 Å². The number of esters is 1. The maximum atomic E-state index is 13.9. The SMILES string of the molecule is CCOC(=O)O[C@]1(C(=O)COC(=O)CCCCCO[N+](=O)[O-])CCC2C3CCC4=CC(=O)C=C[C@]4(C)C3[C@@H](O)C[C@@]21C. The van der Waals surface area contributed by atoms with E-state index in [4.69, 9.17) is 14.2 Å². The lowest BCUT2D eigenvalue weighted by Gasteiger charge is -2.59. The van der Waals surface area contributed by atoms with Gasteiger partial charge in [-0.15, -0.1) is 10.1 Å². The third-order valence-corrected chi connectivity index (χ3v) is 10.2. The van der Waals surface area contributed by atoms with Crippen molar-refractivity contribution in [2.75, 3.05) is 19.8 Å². The van der Waals surface area contributed by atoms with E-state index in [0.29, 0.717) is 32.1 Å². The van der Waals surface area contributed by atoms with E-state index in [-0.39, 0.29) is 56.0 Å². The summed E-state index contributed by atoms with van der Waals surface area (Å²) >= 11 is 0. The number of rotatable bonds is 12. The second kappa shape index (κ2) is 12.5. The molecule has 0 radical (unpaired) electrons. The van der Waals surface area contributed by atoms with Gasteiger partial charge in [-0.25, -0.2) is 4.79 Å². The predicted molar refractivity (Wildman–Crippen MR) is 146 cm³/mol. The Bertz CT molecular complexity index is 1160. The number of hydrogen-bond acceptors (Lipinski definition) is 11. The van der Waals surface area contributed by atoms with Crippen molar-refractivity contribution in [3.05, 3.63) is 33.9 Å². The number of ether oxygens (including phenoxy) is 3. The number of ketones is 2. The van der Waals surface area contributed by atoms with Gasteiger partial charge >= 0.3 is 12.1 Å². The molecular formula is C30H41NO11. The van der Waals surface area contributed by atoms with Crippen LogP contribution in [0.5, 0.6) is 0 Å². The highest BCUT2D eigenvalue weighted by atomic mass is 16.9. The summed E-state index contributed by atoms with van der Waals surface area (Å²) in [4.78, 5) is 65.6. The Labute approximate surface area is 244 Å². The lowest BCUT2D eigenvalue weighted by molar-refractivity contribution is -0.757. The highest BCUT2D eigenvalue weighted by Crippen LogP contribution is 2.68. The molecule has 3 unspecified atom stereocenters. The van der Waals surface area contributed by atoms with E-state index in [1.165, 1.54) is 0 Å². The van der Waals surface area contributed by atoms with Crippen LogP contribution < -0.4 is 0 Å². The number of Topliss-reactive ketones (excluding diaryl/α,β-unsaturated/α-hetero) is 1. The fourth-order valence-electron chi connectivity index (χ4n) is 8.31. The molecule has 0 aromatic heterocycles. The molecule has 0 amide bonds. The second-order valence-corrected chi connectivity index (χ2v) is 12.3. The van der Waals surface area contributed by atoms with Crippen LogP contribution in [0.4, 0.5) is 4.79 Å². The number of allylic oxidation sites excluding steroid dienone is 4. The Morgan fingerprint density at radius 3 is 2.62 bits per heavy atom. The summed E-state index contributed by atoms with van der Waals surface area (Å²) in [5, 5.41) is 21.0. The molecule has 1 N–H and O–H groups in total. The van der Waals surface area contributed by atoms with Crippen molar-refractivity contribution in [3.63, 3.8) is 0 Å². The topological polar surface area (TPSA) is 169 Å². The van der Waals surface area contributed by atoms with Gasteiger partial charge in [-0.1, -0.05) is 31.9 Å². The molecule has 3 fully saturated rings. The number of unbranched alkanes of at least 4 members (excludes halogenated alkanes) is 2. The van der Waals surface area contributed by atoms with E-state index in [0.717, 1.165) is 12.0 Å². The van der Waals surface area contributed by atoms with E-state index in [1.807, 2.05) is 13.0 Å². The average Bonchev–Trinajstić information content (AvgIpc) is 3.21. The molecule has 4 aliphatic rings. The van der Waals surface area contributed by atoms with E-state index in [1.54, 1.807) is 19.1 Å². The van der Waals surface area contributed by atoms with Crippen LogP contribution in [0.1, 0.15) is 78.6 Å². The molecule has 0 aromatic rings. The zero-order valence-electron chi connectivity index (χ0n) is 24.5. The molecule has 4 aliphatic carbocycles. The van der Waals surface area contributed by atoms with Gasteiger partial charge in [-0.3, -0.25) is 14.4 Å². The first-order valence-corrected chi connectivity index (χ1v) is 14.8. The maximum Gasteiger partial charge on any atom is 0.509 e. The third-order valence-electron chi connectivity index (χ3n) is 10.2. The van der Waals surface area contributed by atoms with Gasteiger partial charge in [-0.05, 0) is 75.9 Å². The van der Waals surface area contributed by atoms with E-state index in [2.05, 4.69) is 11.8 Å². The van der Waals surface area contributed by atoms with Gasteiger partial charge in [0.15, 0.2) is 18.0 Å². The highest BCUT2D eigenvalue weighted by Gasteiger charge is 2.70. The van der Waals surface area contributed by atoms with E-state index < -0.39 is 52.1 Å². The summed E-state index contributed by atoms with van der Waals surface area (Å²) in [6.45, 7) is 4.96. The van der Waals surface area contributed by atoms with Crippen LogP contribution in [-0.2, 0) is 33.4 Å². The summed E-state index contributed by atoms with van der Waals surface area (Å²) in [7, 11) is 0. The van der Waals surface area contributed by atoms with Gasteiger partial charge in [0.25, 0.3) is 5.09 Å². The molecule has 42 heavy (non-hydrogen) atoms. The summed E-state index contributed by atoms with van der Waals surface area (Å²) in [5.41, 5.74) is -2.06. The number of nitrogens with zero attached hydrogens (tertiary/aromatic N) is 1. The van der Waals surface area contributed by atoms with Gasteiger partial charge < -0.3 is 24.2 Å². The lowest BCUT2D eigenvalue weighted by Crippen LogP contribution is -2.63.